The molecule has 0 aromatic carbocycles. The van der Waals surface area contributed by atoms with Crippen LogP contribution in [0.3, 0.4) is 0 Å². The van der Waals surface area contributed by atoms with Gasteiger partial charge in [-0.25, -0.2) is 0 Å². The van der Waals surface area contributed by atoms with E-state index in [1.54, 1.807) is 0 Å². The van der Waals surface area contributed by atoms with E-state index in [4.69, 9.17) is 23.2 Å². The lowest BCUT2D eigenvalue weighted by Crippen LogP contribution is -2.09. The molecule has 0 fully saturated rings. The lowest BCUT2D eigenvalue weighted by Gasteiger charge is -1.93. The maximum absolute atomic E-state index is 5.56. The quantitative estimate of drug-likeness (QED) is 0.332. The van der Waals surface area contributed by atoms with Gasteiger partial charge in [0, 0.05) is 0 Å². The number of hydrogen-bond acceptors (Lipinski definition) is 6. The molecule has 66 valence electrons. The van der Waals surface area contributed by atoms with Crippen LogP contribution in [0.4, 0.5) is 0 Å². The first-order valence-electron chi connectivity index (χ1n) is 2.86. The highest BCUT2D eigenvalue weighted by molar-refractivity contribution is 8.13. The summed E-state index contributed by atoms with van der Waals surface area (Å²) in [6, 6.07) is 0. The lowest BCUT2D eigenvalue weighted by molar-refractivity contribution is 1.04. The average Bonchev–Trinajstić information content (AvgIpc) is 2.47. The van der Waals surface area contributed by atoms with Crippen LogP contribution in [-0.4, -0.2) is 15.4 Å². The molecule has 0 spiro atoms. The zero-order valence-electron chi connectivity index (χ0n) is 5.90. The molecule has 1 aromatic rings. The molecule has 1 aromatic heterocycles. The SMILES string of the molecule is NN=C(N)SCc1nnc(Cl)s1. The number of thioether (sulfide) groups is 1. The molecule has 0 saturated heterocycles. The Balaban J connectivity index is 2.43. The Bertz CT molecular complexity index is 285. The second kappa shape index (κ2) is 4.48. The fraction of sp³-hybridized carbons (Fsp3) is 0.250. The van der Waals surface area contributed by atoms with E-state index in [1.807, 2.05) is 0 Å². The van der Waals surface area contributed by atoms with Crippen molar-refractivity contribution in [2.45, 2.75) is 5.75 Å². The summed E-state index contributed by atoms with van der Waals surface area (Å²) in [6.45, 7) is 0. The van der Waals surface area contributed by atoms with Crippen LogP contribution >= 0.6 is 34.7 Å². The fourth-order valence-electron chi connectivity index (χ4n) is 0.464. The molecule has 0 bridgehead atoms. The van der Waals surface area contributed by atoms with Gasteiger partial charge in [0.05, 0.1) is 5.75 Å². The van der Waals surface area contributed by atoms with Gasteiger partial charge >= 0.3 is 0 Å². The standard InChI is InChI=1S/C4H6ClN5S2/c5-3-10-9-2(12-3)1-11-4(6)8-7/h1,7H2,(H2,6,8). The number of hydrogen-bond donors (Lipinski definition) is 2. The molecule has 0 amide bonds. The Kier molecular flexibility index (Phi) is 3.57. The number of nitrogens with zero attached hydrogens (tertiary/aromatic N) is 3. The first kappa shape index (κ1) is 9.56. The van der Waals surface area contributed by atoms with Gasteiger partial charge in [0.15, 0.2) is 5.17 Å². The van der Waals surface area contributed by atoms with Crippen molar-refractivity contribution in [3.63, 3.8) is 0 Å². The summed E-state index contributed by atoms with van der Waals surface area (Å²) in [7, 11) is 0. The van der Waals surface area contributed by atoms with E-state index in [1.165, 1.54) is 23.1 Å². The van der Waals surface area contributed by atoms with Gasteiger partial charge in [0.2, 0.25) is 4.47 Å². The molecule has 4 N–H and O–H groups in total. The third-order valence-electron chi connectivity index (χ3n) is 0.913. The number of aromatic nitrogens is 2. The van der Waals surface area contributed by atoms with Crippen molar-refractivity contribution in [1.82, 2.24) is 10.2 Å². The second-order valence-electron chi connectivity index (χ2n) is 1.70. The van der Waals surface area contributed by atoms with Gasteiger partial charge in [0.1, 0.15) is 5.01 Å². The Morgan fingerprint density at radius 3 is 2.92 bits per heavy atom. The van der Waals surface area contributed by atoms with Crippen molar-refractivity contribution in [2.75, 3.05) is 0 Å². The summed E-state index contributed by atoms with van der Waals surface area (Å²) in [5.74, 6) is 5.52. The first-order valence-corrected chi connectivity index (χ1v) is 5.04. The summed E-state index contributed by atoms with van der Waals surface area (Å²) in [5.41, 5.74) is 5.34. The molecular formula is C4H6ClN5S2. The zero-order chi connectivity index (χ0) is 8.97. The highest BCUT2D eigenvalue weighted by atomic mass is 35.5. The van der Waals surface area contributed by atoms with E-state index in [-0.39, 0.29) is 0 Å². The number of amidine groups is 1. The summed E-state index contributed by atoms with van der Waals surface area (Å²) >= 11 is 8.17. The Morgan fingerprint density at radius 1 is 1.67 bits per heavy atom. The highest BCUT2D eigenvalue weighted by Gasteiger charge is 2.02. The second-order valence-corrected chi connectivity index (χ2v) is 4.34. The molecule has 8 heteroatoms. The molecule has 0 atom stereocenters. The van der Waals surface area contributed by atoms with Crippen LogP contribution in [0.15, 0.2) is 5.10 Å². The van der Waals surface area contributed by atoms with E-state index < -0.39 is 0 Å². The van der Waals surface area contributed by atoms with E-state index in [0.717, 1.165) is 5.01 Å². The molecular weight excluding hydrogens is 218 g/mol. The highest BCUT2D eigenvalue weighted by Crippen LogP contribution is 2.19. The molecule has 0 aliphatic carbocycles. The molecule has 12 heavy (non-hydrogen) atoms. The van der Waals surface area contributed by atoms with Gasteiger partial charge in [-0.15, -0.1) is 10.2 Å². The monoisotopic (exact) mass is 223 g/mol. The molecule has 0 aliphatic heterocycles. The minimum Gasteiger partial charge on any atom is -0.377 e. The van der Waals surface area contributed by atoms with E-state index in [0.29, 0.717) is 15.4 Å². The molecule has 1 rings (SSSR count). The van der Waals surface area contributed by atoms with Crippen LogP contribution in [0.25, 0.3) is 0 Å². The van der Waals surface area contributed by atoms with Crippen molar-refractivity contribution in [1.29, 1.82) is 0 Å². The van der Waals surface area contributed by atoms with Crippen molar-refractivity contribution in [3.8, 4) is 0 Å². The number of halogens is 1. The van der Waals surface area contributed by atoms with E-state index >= 15 is 0 Å². The van der Waals surface area contributed by atoms with Gasteiger partial charge in [0.25, 0.3) is 0 Å². The molecule has 0 radical (unpaired) electrons. The smallest absolute Gasteiger partial charge is 0.207 e. The van der Waals surface area contributed by atoms with E-state index in [2.05, 4.69) is 15.3 Å². The maximum Gasteiger partial charge on any atom is 0.207 e. The average molecular weight is 224 g/mol. The minimum absolute atomic E-state index is 0.321. The third kappa shape index (κ3) is 2.84. The van der Waals surface area contributed by atoms with Gasteiger partial charge in [-0.1, -0.05) is 23.1 Å². The topological polar surface area (TPSA) is 90.2 Å². The van der Waals surface area contributed by atoms with Crippen LogP contribution in [-0.2, 0) is 5.75 Å². The van der Waals surface area contributed by atoms with Gasteiger partial charge in [-0.3, -0.25) is 0 Å². The van der Waals surface area contributed by atoms with Crippen LogP contribution in [0.2, 0.25) is 4.47 Å². The molecule has 1 heterocycles. The predicted molar refractivity (Wildman–Crippen MR) is 52.0 cm³/mol. The number of hydrazone groups is 1. The molecule has 0 unspecified atom stereocenters. The lowest BCUT2D eigenvalue weighted by atomic mass is 10.9. The summed E-state index contributed by atoms with van der Waals surface area (Å²) in [6.07, 6.45) is 0. The van der Waals surface area contributed by atoms with Crippen molar-refractivity contribution in [3.05, 3.63) is 9.47 Å². The number of rotatable bonds is 2. The Morgan fingerprint density at radius 2 is 2.42 bits per heavy atom. The van der Waals surface area contributed by atoms with Crippen LogP contribution in [0.5, 0.6) is 0 Å². The van der Waals surface area contributed by atoms with Gasteiger partial charge in [-0.05, 0) is 11.6 Å². The predicted octanol–water partition coefficient (Wildman–Crippen LogP) is 0.613. The molecule has 0 aliphatic rings. The largest absolute Gasteiger partial charge is 0.377 e. The van der Waals surface area contributed by atoms with Gasteiger partial charge in [-0.2, -0.15) is 5.10 Å². The summed E-state index contributed by atoms with van der Waals surface area (Å²) in [4.78, 5) is 0. The number of nitrogens with two attached hydrogens (primary N) is 2. The molecule has 0 saturated carbocycles. The van der Waals surface area contributed by atoms with Crippen LogP contribution < -0.4 is 11.6 Å². The van der Waals surface area contributed by atoms with Crippen LogP contribution in [0, 0.1) is 0 Å². The normalized spacial score (nSPS) is 11.9. The zero-order valence-corrected chi connectivity index (χ0v) is 8.29. The molecule has 5 nitrogen and oxygen atoms in total. The van der Waals surface area contributed by atoms with Crippen LogP contribution in [0.1, 0.15) is 5.01 Å². The van der Waals surface area contributed by atoms with Crippen molar-refractivity contribution >= 4 is 39.9 Å². The summed E-state index contributed by atoms with van der Waals surface area (Å²) < 4.78 is 0.425. The maximum atomic E-state index is 5.56. The first-order chi connectivity index (χ1) is 5.72. The Labute approximate surface area is 82.2 Å². The Hall–Kier alpha value is -0.530. The summed E-state index contributed by atoms with van der Waals surface area (Å²) in [5, 5.41) is 11.8. The van der Waals surface area contributed by atoms with Crippen molar-refractivity contribution in [2.24, 2.45) is 16.7 Å². The fourth-order valence-corrected chi connectivity index (χ4v) is 1.94. The third-order valence-corrected chi connectivity index (χ3v) is 2.93. The van der Waals surface area contributed by atoms with Gasteiger partial charge < -0.3 is 11.6 Å². The van der Waals surface area contributed by atoms with E-state index in [9.17, 15) is 0 Å². The minimum atomic E-state index is 0.321. The van der Waals surface area contributed by atoms with Crippen molar-refractivity contribution < 1.29 is 0 Å².